The van der Waals surface area contributed by atoms with E-state index in [-0.39, 0.29) is 24.1 Å². The first-order valence-electron chi connectivity index (χ1n) is 7.80. The fourth-order valence-corrected chi connectivity index (χ4v) is 2.98. The molecule has 2 N–H and O–H groups in total. The van der Waals surface area contributed by atoms with Crippen molar-refractivity contribution in [2.24, 2.45) is 17.8 Å². The van der Waals surface area contributed by atoms with Crippen LogP contribution in [-0.4, -0.2) is 27.7 Å². The van der Waals surface area contributed by atoms with Crippen LogP contribution in [0.5, 0.6) is 12.0 Å². The number of aromatic nitrogens is 3. The molecule has 6 heteroatoms. The summed E-state index contributed by atoms with van der Waals surface area (Å²) in [6, 6.07) is 0.501. The van der Waals surface area contributed by atoms with Gasteiger partial charge < -0.3 is 15.2 Å². The smallest absolute Gasteiger partial charge is 0.324 e. The second-order valence-corrected chi connectivity index (χ2v) is 6.17. The summed E-state index contributed by atoms with van der Waals surface area (Å²) in [4.78, 5) is 12.2. The van der Waals surface area contributed by atoms with E-state index in [0.717, 1.165) is 6.42 Å². The maximum Gasteiger partial charge on any atom is 0.324 e. The van der Waals surface area contributed by atoms with Crippen LogP contribution in [0.3, 0.4) is 0 Å². The zero-order valence-corrected chi connectivity index (χ0v) is 13.4. The van der Waals surface area contributed by atoms with Gasteiger partial charge in [0.1, 0.15) is 6.10 Å². The van der Waals surface area contributed by atoms with Crippen LogP contribution in [0.15, 0.2) is 0 Å². The minimum Gasteiger partial charge on any atom is -0.464 e. The Morgan fingerprint density at radius 3 is 2.57 bits per heavy atom. The molecular formula is C15H26N4O2. The molecule has 1 aliphatic rings. The predicted molar refractivity (Wildman–Crippen MR) is 81.2 cm³/mol. The zero-order chi connectivity index (χ0) is 15.4. The quantitative estimate of drug-likeness (QED) is 0.899. The van der Waals surface area contributed by atoms with Crippen molar-refractivity contribution in [1.29, 1.82) is 0 Å². The largest absolute Gasteiger partial charge is 0.464 e. The first kappa shape index (κ1) is 15.8. The molecule has 6 nitrogen and oxygen atoms in total. The monoisotopic (exact) mass is 294 g/mol. The van der Waals surface area contributed by atoms with Crippen molar-refractivity contribution < 1.29 is 9.47 Å². The second kappa shape index (κ2) is 6.91. The number of ether oxygens (including phenoxy) is 2. The first-order chi connectivity index (χ1) is 9.99. The molecule has 21 heavy (non-hydrogen) atoms. The summed E-state index contributed by atoms with van der Waals surface area (Å²) < 4.78 is 11.3. The van der Waals surface area contributed by atoms with E-state index in [2.05, 4.69) is 35.7 Å². The van der Waals surface area contributed by atoms with Crippen LogP contribution < -0.4 is 15.2 Å². The molecule has 0 spiro atoms. The topological polar surface area (TPSA) is 83.2 Å². The highest BCUT2D eigenvalue weighted by atomic mass is 16.5. The summed E-state index contributed by atoms with van der Waals surface area (Å²) in [5.74, 6) is 1.90. The van der Waals surface area contributed by atoms with Gasteiger partial charge in [-0.2, -0.15) is 9.97 Å². The van der Waals surface area contributed by atoms with Crippen LogP contribution in [-0.2, 0) is 0 Å². The number of rotatable bonds is 5. The molecular weight excluding hydrogens is 268 g/mol. The van der Waals surface area contributed by atoms with E-state index in [1.54, 1.807) is 0 Å². The minimum absolute atomic E-state index is 0.130. The Morgan fingerprint density at radius 2 is 1.90 bits per heavy atom. The van der Waals surface area contributed by atoms with Crippen LogP contribution in [0.1, 0.15) is 47.0 Å². The van der Waals surface area contributed by atoms with Crippen molar-refractivity contribution in [3.05, 3.63) is 0 Å². The number of hydrogen-bond acceptors (Lipinski definition) is 6. The maximum atomic E-state index is 6.05. The molecule has 3 unspecified atom stereocenters. The lowest BCUT2D eigenvalue weighted by molar-refractivity contribution is 0.0383. The Hall–Kier alpha value is -1.59. The molecule has 1 heterocycles. The number of nitrogen functional groups attached to an aromatic ring is 1. The van der Waals surface area contributed by atoms with Gasteiger partial charge in [-0.1, -0.05) is 27.2 Å². The maximum absolute atomic E-state index is 6.05. The van der Waals surface area contributed by atoms with E-state index in [9.17, 15) is 0 Å². The van der Waals surface area contributed by atoms with Crippen molar-refractivity contribution in [2.45, 2.75) is 53.1 Å². The van der Waals surface area contributed by atoms with E-state index in [1.165, 1.54) is 12.8 Å². The number of anilines is 1. The van der Waals surface area contributed by atoms with Gasteiger partial charge in [0.2, 0.25) is 5.95 Å². The van der Waals surface area contributed by atoms with Gasteiger partial charge in [-0.25, -0.2) is 0 Å². The third kappa shape index (κ3) is 4.19. The lowest BCUT2D eigenvalue weighted by atomic mass is 9.75. The Labute approximate surface area is 126 Å². The van der Waals surface area contributed by atoms with E-state index >= 15 is 0 Å². The minimum atomic E-state index is 0.130. The second-order valence-electron chi connectivity index (χ2n) is 6.17. The van der Waals surface area contributed by atoms with E-state index < -0.39 is 0 Å². The lowest BCUT2D eigenvalue weighted by Gasteiger charge is -2.36. The van der Waals surface area contributed by atoms with Crippen molar-refractivity contribution in [1.82, 2.24) is 15.0 Å². The predicted octanol–water partition coefficient (Wildman–Crippen LogP) is 2.69. The van der Waals surface area contributed by atoms with Gasteiger partial charge in [-0.3, -0.25) is 0 Å². The Kier molecular flexibility index (Phi) is 5.20. The molecule has 0 bridgehead atoms. The Bertz CT molecular complexity index is 467. The fraction of sp³-hybridized carbons (Fsp3) is 0.800. The molecule has 0 saturated heterocycles. The zero-order valence-electron chi connectivity index (χ0n) is 13.4. The summed E-state index contributed by atoms with van der Waals surface area (Å²) in [6.07, 6.45) is 3.59. The summed E-state index contributed by atoms with van der Waals surface area (Å²) in [7, 11) is 0. The summed E-state index contributed by atoms with van der Waals surface area (Å²) in [5, 5.41) is 0. The van der Waals surface area contributed by atoms with Gasteiger partial charge in [0.25, 0.3) is 0 Å². The summed E-state index contributed by atoms with van der Waals surface area (Å²) in [5.41, 5.74) is 5.69. The van der Waals surface area contributed by atoms with Gasteiger partial charge >= 0.3 is 12.0 Å². The van der Waals surface area contributed by atoms with Gasteiger partial charge in [-0.05, 0) is 37.5 Å². The molecule has 1 aliphatic carbocycles. The molecule has 0 radical (unpaired) electrons. The third-order valence-electron chi connectivity index (χ3n) is 4.10. The van der Waals surface area contributed by atoms with Gasteiger partial charge in [-0.15, -0.1) is 4.98 Å². The van der Waals surface area contributed by atoms with Crippen molar-refractivity contribution >= 4 is 5.95 Å². The van der Waals surface area contributed by atoms with Crippen molar-refractivity contribution in [3.63, 3.8) is 0 Å². The molecule has 1 saturated carbocycles. The lowest BCUT2D eigenvalue weighted by Crippen LogP contribution is -2.36. The molecule has 0 aliphatic heterocycles. The highest BCUT2D eigenvalue weighted by Crippen LogP contribution is 2.35. The molecule has 1 aromatic rings. The van der Waals surface area contributed by atoms with Gasteiger partial charge in [0.05, 0.1) is 6.61 Å². The van der Waals surface area contributed by atoms with Crippen molar-refractivity contribution in [3.8, 4) is 12.0 Å². The normalized spacial score (nSPS) is 25.9. The van der Waals surface area contributed by atoms with E-state index in [0.29, 0.717) is 24.4 Å². The van der Waals surface area contributed by atoms with Crippen LogP contribution >= 0.6 is 0 Å². The highest BCUT2D eigenvalue weighted by Gasteiger charge is 2.33. The molecule has 3 atom stereocenters. The molecule has 1 aromatic heterocycles. The van der Waals surface area contributed by atoms with E-state index in [4.69, 9.17) is 15.2 Å². The highest BCUT2D eigenvalue weighted by molar-refractivity contribution is 5.20. The molecule has 2 rings (SSSR count). The Balaban J connectivity index is 2.14. The average molecular weight is 294 g/mol. The average Bonchev–Trinajstić information content (AvgIpc) is 2.38. The third-order valence-corrected chi connectivity index (χ3v) is 4.10. The summed E-state index contributed by atoms with van der Waals surface area (Å²) >= 11 is 0. The number of hydrogen-bond donors (Lipinski definition) is 1. The molecule has 0 amide bonds. The fourth-order valence-electron chi connectivity index (χ4n) is 2.98. The van der Waals surface area contributed by atoms with Gasteiger partial charge in [0.15, 0.2) is 0 Å². The van der Waals surface area contributed by atoms with Crippen LogP contribution in [0.25, 0.3) is 0 Å². The SMILES string of the molecule is CCOc1nc(N)nc(OC2CC(C)CCC2C(C)C)n1. The Morgan fingerprint density at radius 1 is 1.19 bits per heavy atom. The molecule has 1 fully saturated rings. The van der Waals surface area contributed by atoms with Gasteiger partial charge in [0, 0.05) is 0 Å². The standard InChI is InChI=1S/C15H26N4O2/c1-5-20-14-17-13(16)18-15(19-14)21-12-8-10(4)6-7-11(12)9(2)3/h9-12H,5-8H2,1-4H3,(H2,16,17,18,19). The molecule has 0 aromatic carbocycles. The van der Waals surface area contributed by atoms with Crippen LogP contribution in [0.4, 0.5) is 5.95 Å². The van der Waals surface area contributed by atoms with Crippen LogP contribution in [0, 0.1) is 17.8 Å². The van der Waals surface area contributed by atoms with Crippen molar-refractivity contribution in [2.75, 3.05) is 12.3 Å². The first-order valence-corrected chi connectivity index (χ1v) is 7.80. The summed E-state index contributed by atoms with van der Waals surface area (Å²) in [6.45, 7) is 9.10. The van der Waals surface area contributed by atoms with Crippen LogP contribution in [0.2, 0.25) is 0 Å². The van der Waals surface area contributed by atoms with E-state index in [1.807, 2.05) is 6.92 Å². The number of nitrogens with two attached hydrogens (primary N) is 1. The molecule has 118 valence electrons. The number of nitrogens with zero attached hydrogens (tertiary/aromatic N) is 3.